The van der Waals surface area contributed by atoms with E-state index in [1.54, 1.807) is 12.1 Å². The first-order valence-corrected chi connectivity index (χ1v) is 8.10. The van der Waals surface area contributed by atoms with Crippen LogP contribution in [0.3, 0.4) is 0 Å². The number of carbonyl (C=O) groups is 1. The number of rotatable bonds is 3. The van der Waals surface area contributed by atoms with E-state index in [0.717, 1.165) is 24.9 Å². The summed E-state index contributed by atoms with van der Waals surface area (Å²) in [5, 5.41) is 15.6. The maximum Gasteiger partial charge on any atom is 0.407 e. The molecule has 2 atom stereocenters. The topological polar surface area (TPSA) is 74.2 Å². The zero-order valence-electron chi connectivity index (χ0n) is 13.6. The summed E-state index contributed by atoms with van der Waals surface area (Å²) in [6.45, 7) is 5.54. The van der Waals surface area contributed by atoms with Crippen LogP contribution in [0.15, 0.2) is 18.2 Å². The summed E-state index contributed by atoms with van der Waals surface area (Å²) in [4.78, 5) is 11.8. The summed E-state index contributed by atoms with van der Waals surface area (Å²) in [5.41, 5.74) is 0.865. The molecule has 1 aliphatic carbocycles. The molecule has 0 aromatic heterocycles. The molecule has 0 aliphatic heterocycles. The first-order chi connectivity index (χ1) is 10.8. The van der Waals surface area contributed by atoms with E-state index >= 15 is 0 Å². The van der Waals surface area contributed by atoms with Gasteiger partial charge in [-0.1, -0.05) is 11.6 Å². The second-order valence-corrected chi connectivity index (χ2v) is 7.21. The quantitative estimate of drug-likeness (QED) is 0.873. The Morgan fingerprint density at radius 3 is 2.65 bits per heavy atom. The molecule has 1 aromatic carbocycles. The van der Waals surface area contributed by atoms with Crippen LogP contribution in [-0.2, 0) is 4.74 Å². The fraction of sp³-hybridized carbons (Fsp3) is 0.529. The van der Waals surface area contributed by atoms with Crippen LogP contribution in [0.25, 0.3) is 0 Å². The zero-order valence-corrected chi connectivity index (χ0v) is 14.4. The number of alkyl carbamates (subject to hydrolysis) is 1. The molecule has 1 aromatic rings. The molecule has 0 heterocycles. The third-order valence-electron chi connectivity index (χ3n) is 3.61. The summed E-state index contributed by atoms with van der Waals surface area (Å²) in [6.07, 6.45) is 2.32. The van der Waals surface area contributed by atoms with Crippen molar-refractivity contribution in [3.8, 4) is 6.07 Å². The van der Waals surface area contributed by atoms with Gasteiger partial charge in [0.2, 0.25) is 0 Å². The normalized spacial score (nSPS) is 20.7. The van der Waals surface area contributed by atoms with Crippen LogP contribution in [0.4, 0.5) is 10.5 Å². The number of amides is 1. The molecule has 2 unspecified atom stereocenters. The van der Waals surface area contributed by atoms with Crippen molar-refractivity contribution in [2.75, 3.05) is 5.32 Å². The van der Waals surface area contributed by atoms with Gasteiger partial charge in [-0.05, 0) is 58.2 Å². The second-order valence-electron chi connectivity index (χ2n) is 6.80. The van der Waals surface area contributed by atoms with Crippen LogP contribution in [0.2, 0.25) is 5.02 Å². The van der Waals surface area contributed by atoms with Gasteiger partial charge < -0.3 is 15.4 Å². The van der Waals surface area contributed by atoms with Gasteiger partial charge in [-0.3, -0.25) is 0 Å². The van der Waals surface area contributed by atoms with Gasteiger partial charge in [0.1, 0.15) is 11.7 Å². The number of halogens is 1. The highest BCUT2D eigenvalue weighted by atomic mass is 35.5. The van der Waals surface area contributed by atoms with E-state index in [1.165, 1.54) is 0 Å². The van der Waals surface area contributed by atoms with Crippen LogP contribution in [0.5, 0.6) is 0 Å². The first kappa shape index (κ1) is 17.4. The van der Waals surface area contributed by atoms with Gasteiger partial charge in [-0.25, -0.2) is 4.79 Å². The lowest BCUT2D eigenvalue weighted by Gasteiger charge is -2.22. The minimum Gasteiger partial charge on any atom is -0.444 e. The molecule has 1 fully saturated rings. The Morgan fingerprint density at radius 1 is 1.35 bits per heavy atom. The van der Waals surface area contributed by atoms with Crippen LogP contribution < -0.4 is 10.6 Å². The molecule has 23 heavy (non-hydrogen) atoms. The Kier molecular flexibility index (Phi) is 5.38. The summed E-state index contributed by atoms with van der Waals surface area (Å²) >= 11 is 6.04. The van der Waals surface area contributed by atoms with Gasteiger partial charge in [0.25, 0.3) is 0 Å². The third kappa shape index (κ3) is 5.33. The summed E-state index contributed by atoms with van der Waals surface area (Å²) in [7, 11) is 0. The second kappa shape index (κ2) is 7.10. The van der Waals surface area contributed by atoms with Crippen molar-refractivity contribution in [2.24, 2.45) is 0 Å². The largest absolute Gasteiger partial charge is 0.444 e. The molecule has 1 saturated carbocycles. The van der Waals surface area contributed by atoms with Gasteiger partial charge in [0, 0.05) is 17.8 Å². The Labute approximate surface area is 142 Å². The maximum absolute atomic E-state index is 11.8. The Hall–Kier alpha value is -1.93. The van der Waals surface area contributed by atoms with E-state index in [-0.39, 0.29) is 18.2 Å². The number of nitrogens with one attached hydrogen (secondary N) is 2. The molecule has 1 amide bonds. The van der Waals surface area contributed by atoms with Crippen LogP contribution >= 0.6 is 11.6 Å². The average molecular weight is 336 g/mol. The zero-order chi connectivity index (χ0) is 17.0. The van der Waals surface area contributed by atoms with Gasteiger partial charge in [-0.15, -0.1) is 0 Å². The highest BCUT2D eigenvalue weighted by Gasteiger charge is 2.27. The predicted molar refractivity (Wildman–Crippen MR) is 90.6 cm³/mol. The van der Waals surface area contributed by atoms with E-state index in [4.69, 9.17) is 21.6 Å². The minimum atomic E-state index is -0.487. The molecule has 1 aliphatic rings. The molecule has 2 rings (SSSR count). The van der Waals surface area contributed by atoms with Crippen LogP contribution in [0, 0.1) is 11.3 Å². The van der Waals surface area contributed by atoms with Crippen molar-refractivity contribution in [2.45, 2.75) is 57.7 Å². The third-order valence-corrected chi connectivity index (χ3v) is 3.93. The maximum atomic E-state index is 11.8. The molecule has 0 saturated heterocycles. The van der Waals surface area contributed by atoms with Crippen molar-refractivity contribution >= 4 is 23.4 Å². The van der Waals surface area contributed by atoms with Crippen molar-refractivity contribution in [3.05, 3.63) is 28.8 Å². The standard InChI is InChI=1S/C17H22ClN3O2/c1-17(2,3)23-16(22)21-13-7-6-12(8-13)20-14-5-4-11(10-19)15(18)9-14/h4-5,9,12-13,20H,6-8H2,1-3H3,(H,21,22). The van der Waals surface area contributed by atoms with E-state index in [0.29, 0.717) is 10.6 Å². The summed E-state index contributed by atoms with van der Waals surface area (Å²) in [6, 6.07) is 7.72. The molecule has 0 spiro atoms. The predicted octanol–water partition coefficient (Wildman–Crippen LogP) is 4.07. The number of ether oxygens (including phenoxy) is 1. The number of nitriles is 1. The molecular weight excluding hydrogens is 314 g/mol. The molecule has 0 radical (unpaired) electrons. The van der Waals surface area contributed by atoms with E-state index in [2.05, 4.69) is 10.6 Å². The molecule has 124 valence electrons. The number of nitrogens with zero attached hydrogens (tertiary/aromatic N) is 1. The number of benzene rings is 1. The monoisotopic (exact) mass is 335 g/mol. The minimum absolute atomic E-state index is 0.108. The van der Waals surface area contributed by atoms with Gasteiger partial charge in [0.15, 0.2) is 0 Å². The van der Waals surface area contributed by atoms with Gasteiger partial charge in [0.05, 0.1) is 10.6 Å². The fourth-order valence-electron chi connectivity index (χ4n) is 2.65. The number of anilines is 1. The van der Waals surface area contributed by atoms with E-state index < -0.39 is 5.60 Å². The Morgan fingerprint density at radius 2 is 2.04 bits per heavy atom. The average Bonchev–Trinajstić information content (AvgIpc) is 2.83. The number of carbonyl (C=O) groups excluding carboxylic acids is 1. The van der Waals surface area contributed by atoms with Gasteiger partial charge in [-0.2, -0.15) is 5.26 Å². The fourth-order valence-corrected chi connectivity index (χ4v) is 2.87. The van der Waals surface area contributed by atoms with Crippen molar-refractivity contribution < 1.29 is 9.53 Å². The molecule has 6 heteroatoms. The molecule has 2 N–H and O–H groups in total. The highest BCUT2D eigenvalue weighted by Crippen LogP contribution is 2.26. The number of hydrogen-bond donors (Lipinski definition) is 2. The van der Waals surface area contributed by atoms with E-state index in [9.17, 15) is 4.79 Å². The van der Waals surface area contributed by atoms with Gasteiger partial charge >= 0.3 is 6.09 Å². The molecule has 0 bridgehead atoms. The van der Waals surface area contributed by atoms with Crippen molar-refractivity contribution in [3.63, 3.8) is 0 Å². The number of hydrogen-bond acceptors (Lipinski definition) is 4. The molecular formula is C17H22ClN3O2. The lowest BCUT2D eigenvalue weighted by molar-refractivity contribution is 0.0505. The highest BCUT2D eigenvalue weighted by molar-refractivity contribution is 6.32. The smallest absolute Gasteiger partial charge is 0.407 e. The first-order valence-electron chi connectivity index (χ1n) is 7.72. The Bertz CT molecular complexity index is 619. The summed E-state index contributed by atoms with van der Waals surface area (Å²) in [5.74, 6) is 0. The SMILES string of the molecule is CC(C)(C)OC(=O)NC1CCC(Nc2ccc(C#N)c(Cl)c2)C1. The molecule has 5 nitrogen and oxygen atoms in total. The van der Waals surface area contributed by atoms with Crippen molar-refractivity contribution in [1.29, 1.82) is 5.26 Å². The lowest BCUT2D eigenvalue weighted by Crippen LogP contribution is -2.38. The Balaban J connectivity index is 1.85. The van der Waals surface area contributed by atoms with Crippen molar-refractivity contribution in [1.82, 2.24) is 5.32 Å². The van der Waals surface area contributed by atoms with E-state index in [1.807, 2.05) is 32.9 Å². The lowest BCUT2D eigenvalue weighted by atomic mass is 10.2. The van der Waals surface area contributed by atoms with Crippen LogP contribution in [0.1, 0.15) is 45.6 Å². The summed E-state index contributed by atoms with van der Waals surface area (Å²) < 4.78 is 5.28. The van der Waals surface area contributed by atoms with Crippen LogP contribution in [-0.4, -0.2) is 23.8 Å².